The van der Waals surface area contributed by atoms with E-state index in [1.54, 1.807) is 24.3 Å². The number of aromatic nitrogens is 1. The Labute approximate surface area is 147 Å². The highest BCUT2D eigenvalue weighted by Crippen LogP contribution is 2.18. The van der Waals surface area contributed by atoms with Crippen molar-refractivity contribution in [2.24, 2.45) is 0 Å². The molecule has 0 fully saturated rings. The number of halogens is 2. The Hall–Kier alpha value is -2.80. The molecular formula is C18H14F2N2O2S. The molecule has 0 aliphatic heterocycles. The van der Waals surface area contributed by atoms with Crippen molar-refractivity contribution < 1.29 is 18.3 Å². The fourth-order valence-corrected chi connectivity index (χ4v) is 2.79. The maximum absolute atomic E-state index is 13.2. The number of thiazole rings is 1. The Balaban J connectivity index is 1.68. The Kier molecular flexibility index (Phi) is 5.04. The molecule has 128 valence electrons. The van der Waals surface area contributed by atoms with Crippen molar-refractivity contribution in [3.63, 3.8) is 0 Å². The van der Waals surface area contributed by atoms with Crippen LogP contribution in [0.1, 0.15) is 21.1 Å². The number of aryl methyl sites for hydroxylation is 1. The highest BCUT2D eigenvalue weighted by molar-refractivity contribution is 7.09. The van der Waals surface area contributed by atoms with Gasteiger partial charge in [0.25, 0.3) is 5.91 Å². The number of rotatable bonds is 5. The van der Waals surface area contributed by atoms with Gasteiger partial charge in [-0.15, -0.1) is 11.3 Å². The van der Waals surface area contributed by atoms with Gasteiger partial charge in [-0.2, -0.15) is 0 Å². The molecule has 0 atom stereocenters. The molecule has 1 heterocycles. The van der Waals surface area contributed by atoms with Crippen molar-refractivity contribution in [3.05, 3.63) is 75.7 Å². The van der Waals surface area contributed by atoms with Crippen molar-refractivity contribution >= 4 is 22.9 Å². The van der Waals surface area contributed by atoms with Crippen LogP contribution < -0.4 is 10.1 Å². The number of hydrogen-bond donors (Lipinski definition) is 1. The summed E-state index contributed by atoms with van der Waals surface area (Å²) in [6.45, 7) is 2.21. The third-order valence-electron chi connectivity index (χ3n) is 3.27. The van der Waals surface area contributed by atoms with Gasteiger partial charge in [-0.25, -0.2) is 13.8 Å². The molecule has 1 aromatic heterocycles. The molecule has 3 aromatic rings. The van der Waals surface area contributed by atoms with Gasteiger partial charge in [-0.1, -0.05) is 6.07 Å². The monoisotopic (exact) mass is 360 g/mol. The van der Waals surface area contributed by atoms with Crippen LogP contribution in [0.15, 0.2) is 47.8 Å². The summed E-state index contributed by atoms with van der Waals surface area (Å²) in [5, 5.41) is 5.32. The molecule has 1 amide bonds. The summed E-state index contributed by atoms with van der Waals surface area (Å²) in [6.07, 6.45) is 0. The Bertz CT molecular complexity index is 891. The summed E-state index contributed by atoms with van der Waals surface area (Å²) in [6, 6.07) is 9.37. The maximum Gasteiger partial charge on any atom is 0.255 e. The van der Waals surface area contributed by atoms with Crippen molar-refractivity contribution in [1.82, 2.24) is 4.98 Å². The third kappa shape index (κ3) is 4.60. The van der Waals surface area contributed by atoms with E-state index in [1.807, 2.05) is 12.3 Å². The van der Waals surface area contributed by atoms with Gasteiger partial charge in [0.2, 0.25) is 0 Å². The highest BCUT2D eigenvalue weighted by atomic mass is 32.1. The van der Waals surface area contributed by atoms with Crippen molar-refractivity contribution in [2.45, 2.75) is 13.5 Å². The smallest absolute Gasteiger partial charge is 0.255 e. The van der Waals surface area contributed by atoms with Gasteiger partial charge in [-0.05, 0) is 37.3 Å². The zero-order chi connectivity index (χ0) is 17.8. The molecule has 0 saturated carbocycles. The number of carbonyl (C=O) groups is 1. The van der Waals surface area contributed by atoms with Crippen LogP contribution in [0.25, 0.3) is 0 Å². The minimum Gasteiger partial charge on any atom is -0.487 e. The number of carbonyl (C=O) groups excluding carboxylic acids is 1. The van der Waals surface area contributed by atoms with E-state index in [4.69, 9.17) is 4.74 Å². The fraction of sp³-hybridized carbons (Fsp3) is 0.111. The Morgan fingerprint density at radius 1 is 1.20 bits per heavy atom. The van der Waals surface area contributed by atoms with Crippen LogP contribution in [0.3, 0.4) is 0 Å². The number of anilines is 1. The molecule has 25 heavy (non-hydrogen) atoms. The first-order valence-corrected chi connectivity index (χ1v) is 8.29. The Morgan fingerprint density at radius 3 is 2.64 bits per heavy atom. The Morgan fingerprint density at radius 2 is 1.96 bits per heavy atom. The van der Waals surface area contributed by atoms with E-state index >= 15 is 0 Å². The van der Waals surface area contributed by atoms with Gasteiger partial charge < -0.3 is 10.1 Å². The van der Waals surface area contributed by atoms with Gasteiger partial charge in [0.1, 0.15) is 24.0 Å². The fourth-order valence-electron chi connectivity index (χ4n) is 2.19. The normalized spacial score (nSPS) is 10.5. The van der Waals surface area contributed by atoms with Gasteiger partial charge in [-0.3, -0.25) is 4.79 Å². The van der Waals surface area contributed by atoms with Crippen LogP contribution in [-0.4, -0.2) is 10.9 Å². The summed E-state index contributed by atoms with van der Waals surface area (Å²) < 4.78 is 32.0. The van der Waals surface area contributed by atoms with E-state index in [-0.39, 0.29) is 5.69 Å². The van der Waals surface area contributed by atoms with Gasteiger partial charge in [0.05, 0.1) is 10.7 Å². The van der Waals surface area contributed by atoms with Crippen LogP contribution in [0, 0.1) is 18.6 Å². The lowest BCUT2D eigenvalue weighted by Crippen LogP contribution is -2.12. The summed E-state index contributed by atoms with van der Waals surface area (Å²) in [7, 11) is 0. The van der Waals surface area contributed by atoms with Gasteiger partial charge in [0, 0.05) is 22.7 Å². The van der Waals surface area contributed by atoms with E-state index in [9.17, 15) is 13.6 Å². The molecule has 0 aliphatic carbocycles. The van der Waals surface area contributed by atoms with E-state index in [0.29, 0.717) is 17.9 Å². The molecular weight excluding hydrogens is 346 g/mol. The standard InChI is InChI=1S/C18H14F2N2O2S/c1-11-21-16(10-25-11)9-24-17-4-2-3-12(5-17)18(23)22-15-7-13(19)6-14(20)8-15/h2-8,10H,9H2,1H3,(H,22,23). The molecule has 2 aromatic carbocycles. The van der Waals surface area contributed by atoms with E-state index in [2.05, 4.69) is 10.3 Å². The molecule has 0 aliphatic rings. The molecule has 0 bridgehead atoms. The van der Waals surface area contributed by atoms with Crippen LogP contribution in [0.4, 0.5) is 14.5 Å². The molecule has 4 nitrogen and oxygen atoms in total. The molecule has 0 saturated heterocycles. The SMILES string of the molecule is Cc1nc(COc2cccc(C(=O)Nc3cc(F)cc(F)c3)c2)cs1. The average Bonchev–Trinajstić information content (AvgIpc) is 2.98. The van der Waals surface area contributed by atoms with Crippen molar-refractivity contribution in [1.29, 1.82) is 0 Å². The third-order valence-corrected chi connectivity index (χ3v) is 4.09. The summed E-state index contributed by atoms with van der Waals surface area (Å²) in [4.78, 5) is 16.5. The molecule has 0 radical (unpaired) electrons. The number of ether oxygens (including phenoxy) is 1. The number of nitrogens with zero attached hydrogens (tertiary/aromatic N) is 1. The second-order valence-corrected chi connectivity index (χ2v) is 6.35. The highest BCUT2D eigenvalue weighted by Gasteiger charge is 2.09. The molecule has 3 rings (SSSR count). The van der Waals surface area contributed by atoms with E-state index in [1.165, 1.54) is 11.3 Å². The quantitative estimate of drug-likeness (QED) is 0.726. The topological polar surface area (TPSA) is 51.2 Å². The second-order valence-electron chi connectivity index (χ2n) is 5.29. The molecule has 0 spiro atoms. The largest absolute Gasteiger partial charge is 0.487 e. The molecule has 7 heteroatoms. The predicted molar refractivity (Wildman–Crippen MR) is 91.9 cm³/mol. The number of hydrogen-bond acceptors (Lipinski definition) is 4. The summed E-state index contributed by atoms with van der Waals surface area (Å²) >= 11 is 1.53. The van der Waals surface area contributed by atoms with E-state index in [0.717, 1.165) is 28.9 Å². The maximum atomic E-state index is 13.2. The average molecular weight is 360 g/mol. The lowest BCUT2D eigenvalue weighted by atomic mass is 10.2. The number of benzene rings is 2. The lowest BCUT2D eigenvalue weighted by Gasteiger charge is -2.08. The van der Waals surface area contributed by atoms with Crippen LogP contribution in [0.5, 0.6) is 5.75 Å². The molecule has 1 N–H and O–H groups in total. The minimum atomic E-state index is -0.758. The van der Waals surface area contributed by atoms with Gasteiger partial charge >= 0.3 is 0 Å². The molecule has 0 unspecified atom stereocenters. The first-order chi connectivity index (χ1) is 12.0. The van der Waals surface area contributed by atoms with Crippen molar-refractivity contribution in [2.75, 3.05) is 5.32 Å². The van der Waals surface area contributed by atoms with E-state index < -0.39 is 17.5 Å². The first-order valence-electron chi connectivity index (χ1n) is 7.41. The number of nitrogens with one attached hydrogen (secondary N) is 1. The zero-order valence-corrected chi connectivity index (χ0v) is 14.1. The van der Waals surface area contributed by atoms with Crippen LogP contribution >= 0.6 is 11.3 Å². The first kappa shape index (κ1) is 17.0. The predicted octanol–water partition coefficient (Wildman–Crippen LogP) is 4.56. The minimum absolute atomic E-state index is 0.0479. The zero-order valence-electron chi connectivity index (χ0n) is 13.3. The summed E-state index contributed by atoms with van der Waals surface area (Å²) in [5.41, 5.74) is 1.18. The van der Waals surface area contributed by atoms with Crippen molar-refractivity contribution in [3.8, 4) is 5.75 Å². The van der Waals surface area contributed by atoms with Crippen LogP contribution in [-0.2, 0) is 6.61 Å². The summed E-state index contributed by atoms with van der Waals surface area (Å²) in [5.74, 6) is -1.50. The second kappa shape index (κ2) is 7.40. The van der Waals surface area contributed by atoms with Crippen LogP contribution in [0.2, 0.25) is 0 Å². The van der Waals surface area contributed by atoms with Gasteiger partial charge in [0.15, 0.2) is 0 Å². The lowest BCUT2D eigenvalue weighted by molar-refractivity contribution is 0.102. The number of amides is 1.